The molecule has 160 valence electrons. The summed E-state index contributed by atoms with van der Waals surface area (Å²) in [5.41, 5.74) is 1.20. The van der Waals surface area contributed by atoms with Crippen molar-refractivity contribution in [1.82, 2.24) is 29.8 Å². The van der Waals surface area contributed by atoms with Crippen molar-refractivity contribution >= 4 is 29.9 Å². The zero-order valence-electron chi connectivity index (χ0n) is 17.7. The second-order valence-electron chi connectivity index (χ2n) is 7.66. The number of aromatic nitrogens is 2. The first-order valence-electron chi connectivity index (χ1n) is 10.1. The Morgan fingerprint density at radius 3 is 2.71 bits per heavy atom. The molecule has 1 aromatic rings. The van der Waals surface area contributed by atoms with E-state index in [-0.39, 0.29) is 30.0 Å². The molecule has 0 aromatic carbocycles. The fourth-order valence-corrected chi connectivity index (χ4v) is 3.95. The van der Waals surface area contributed by atoms with Gasteiger partial charge in [0, 0.05) is 57.6 Å². The van der Waals surface area contributed by atoms with Gasteiger partial charge in [0.05, 0.1) is 32.0 Å². The molecule has 2 aliphatic heterocycles. The Kier molecular flexibility index (Phi) is 9.45. The molecule has 9 heteroatoms. The van der Waals surface area contributed by atoms with E-state index in [1.54, 1.807) is 0 Å². The molecule has 2 fully saturated rings. The zero-order valence-corrected chi connectivity index (χ0v) is 20.0. The Morgan fingerprint density at radius 1 is 1.36 bits per heavy atom. The van der Waals surface area contributed by atoms with E-state index in [9.17, 15) is 0 Å². The van der Waals surface area contributed by atoms with Crippen LogP contribution in [0.3, 0.4) is 0 Å². The van der Waals surface area contributed by atoms with Gasteiger partial charge in [0.25, 0.3) is 0 Å². The Bertz CT molecular complexity index is 615. The molecule has 3 rings (SSSR count). The van der Waals surface area contributed by atoms with Crippen LogP contribution in [0.1, 0.15) is 24.9 Å². The largest absolute Gasteiger partial charge is 0.379 e. The van der Waals surface area contributed by atoms with Gasteiger partial charge < -0.3 is 19.9 Å². The lowest BCUT2D eigenvalue weighted by Gasteiger charge is -2.32. The highest BCUT2D eigenvalue weighted by Gasteiger charge is 2.30. The number of aryl methyl sites for hydroxylation is 1. The van der Waals surface area contributed by atoms with Gasteiger partial charge in [-0.2, -0.15) is 5.10 Å². The summed E-state index contributed by atoms with van der Waals surface area (Å²) in [7, 11) is 6.16. The maximum Gasteiger partial charge on any atom is 0.194 e. The van der Waals surface area contributed by atoms with E-state index >= 15 is 0 Å². The lowest BCUT2D eigenvalue weighted by atomic mass is 10.1. The van der Waals surface area contributed by atoms with Gasteiger partial charge in [-0.05, 0) is 27.4 Å². The SMILES string of the molecule is CCNC(=NCC(c1cnn(C)c1)N(C)C)N1CCC(N2CCOCC2)C1.I. The van der Waals surface area contributed by atoms with Crippen molar-refractivity contribution in [2.75, 3.05) is 66.6 Å². The van der Waals surface area contributed by atoms with Crippen LogP contribution in [-0.4, -0.2) is 103 Å². The van der Waals surface area contributed by atoms with Crippen molar-refractivity contribution in [3.8, 4) is 0 Å². The number of hydrogen-bond acceptors (Lipinski definition) is 5. The molecule has 0 amide bonds. The van der Waals surface area contributed by atoms with Gasteiger partial charge in [0.2, 0.25) is 0 Å². The summed E-state index contributed by atoms with van der Waals surface area (Å²) in [6.07, 6.45) is 5.22. The fraction of sp³-hybridized carbons (Fsp3) is 0.789. The van der Waals surface area contributed by atoms with Crippen LogP contribution >= 0.6 is 24.0 Å². The number of likely N-dealkylation sites (tertiary alicyclic amines) is 1. The summed E-state index contributed by atoms with van der Waals surface area (Å²) in [5.74, 6) is 1.03. The van der Waals surface area contributed by atoms with Crippen LogP contribution in [-0.2, 0) is 11.8 Å². The van der Waals surface area contributed by atoms with E-state index in [4.69, 9.17) is 9.73 Å². The minimum atomic E-state index is 0. The fourth-order valence-electron chi connectivity index (χ4n) is 3.95. The van der Waals surface area contributed by atoms with Gasteiger partial charge in [-0.15, -0.1) is 24.0 Å². The highest BCUT2D eigenvalue weighted by atomic mass is 127. The van der Waals surface area contributed by atoms with Crippen LogP contribution in [0, 0.1) is 0 Å². The molecule has 28 heavy (non-hydrogen) atoms. The number of rotatable bonds is 6. The van der Waals surface area contributed by atoms with E-state index in [0.29, 0.717) is 6.04 Å². The Morgan fingerprint density at radius 2 is 2.11 bits per heavy atom. The lowest BCUT2D eigenvalue weighted by molar-refractivity contribution is 0.0195. The van der Waals surface area contributed by atoms with Crippen LogP contribution < -0.4 is 5.32 Å². The van der Waals surface area contributed by atoms with Crippen molar-refractivity contribution < 1.29 is 4.74 Å². The third-order valence-corrected chi connectivity index (χ3v) is 5.51. The number of likely N-dealkylation sites (N-methyl/N-ethyl adjacent to an activating group) is 1. The van der Waals surface area contributed by atoms with Gasteiger partial charge >= 0.3 is 0 Å². The summed E-state index contributed by atoms with van der Waals surface area (Å²) in [6.45, 7) is 9.68. The van der Waals surface area contributed by atoms with Gasteiger partial charge in [0.15, 0.2) is 5.96 Å². The van der Waals surface area contributed by atoms with Gasteiger partial charge in [-0.1, -0.05) is 0 Å². The van der Waals surface area contributed by atoms with Crippen molar-refractivity contribution in [2.24, 2.45) is 12.0 Å². The minimum Gasteiger partial charge on any atom is -0.379 e. The highest BCUT2D eigenvalue weighted by Crippen LogP contribution is 2.20. The predicted molar refractivity (Wildman–Crippen MR) is 123 cm³/mol. The van der Waals surface area contributed by atoms with Crippen molar-refractivity contribution in [2.45, 2.75) is 25.4 Å². The topological polar surface area (TPSA) is 61.2 Å². The molecule has 0 spiro atoms. The summed E-state index contributed by atoms with van der Waals surface area (Å²) >= 11 is 0. The first kappa shape index (κ1) is 23.4. The third-order valence-electron chi connectivity index (χ3n) is 5.51. The number of halogens is 1. The minimum absolute atomic E-state index is 0. The van der Waals surface area contributed by atoms with E-state index in [2.05, 4.69) is 52.3 Å². The normalized spacial score (nSPS) is 22.4. The van der Waals surface area contributed by atoms with Crippen LogP contribution in [0.4, 0.5) is 0 Å². The number of nitrogens with zero attached hydrogens (tertiary/aromatic N) is 6. The Balaban J connectivity index is 0.00000280. The van der Waals surface area contributed by atoms with Crippen LogP contribution in [0.25, 0.3) is 0 Å². The molecule has 1 N–H and O–H groups in total. The highest BCUT2D eigenvalue weighted by molar-refractivity contribution is 14.0. The third kappa shape index (κ3) is 6.04. The summed E-state index contributed by atoms with van der Waals surface area (Å²) in [6, 6.07) is 0.839. The van der Waals surface area contributed by atoms with Crippen LogP contribution in [0.5, 0.6) is 0 Å². The molecule has 2 aliphatic rings. The van der Waals surface area contributed by atoms with Crippen LogP contribution in [0.15, 0.2) is 17.4 Å². The molecule has 0 aliphatic carbocycles. The van der Waals surface area contributed by atoms with Crippen molar-refractivity contribution in [3.63, 3.8) is 0 Å². The van der Waals surface area contributed by atoms with E-state index in [1.807, 2.05) is 17.9 Å². The number of hydrogen-bond donors (Lipinski definition) is 1. The predicted octanol–water partition coefficient (Wildman–Crippen LogP) is 1.01. The first-order chi connectivity index (χ1) is 13.1. The second kappa shape index (κ2) is 11.3. The number of guanidine groups is 1. The quantitative estimate of drug-likeness (QED) is 0.354. The molecule has 0 radical (unpaired) electrons. The number of ether oxygens (including phenoxy) is 1. The molecule has 3 heterocycles. The summed E-state index contributed by atoms with van der Waals surface area (Å²) in [5, 5.41) is 7.81. The molecule has 0 bridgehead atoms. The number of aliphatic imine (C=N–C) groups is 1. The maximum absolute atomic E-state index is 5.50. The molecule has 0 saturated carbocycles. The molecule has 1 aromatic heterocycles. The van der Waals surface area contributed by atoms with E-state index in [1.165, 1.54) is 12.0 Å². The molecular weight excluding hydrogens is 469 g/mol. The molecule has 2 atom stereocenters. The van der Waals surface area contributed by atoms with Crippen LogP contribution in [0.2, 0.25) is 0 Å². The lowest BCUT2D eigenvalue weighted by Crippen LogP contribution is -2.46. The molecule has 2 saturated heterocycles. The van der Waals surface area contributed by atoms with Gasteiger partial charge in [-0.3, -0.25) is 14.6 Å². The van der Waals surface area contributed by atoms with E-state index in [0.717, 1.165) is 58.4 Å². The average molecular weight is 505 g/mol. The van der Waals surface area contributed by atoms with Crippen molar-refractivity contribution in [1.29, 1.82) is 0 Å². The Labute approximate surface area is 186 Å². The second-order valence-corrected chi connectivity index (χ2v) is 7.66. The molecule has 8 nitrogen and oxygen atoms in total. The summed E-state index contributed by atoms with van der Waals surface area (Å²) in [4.78, 5) is 12.2. The number of nitrogens with one attached hydrogen (secondary N) is 1. The Hall–Kier alpha value is -0.910. The standard InChI is InChI=1S/C19H35N7O.HI/c1-5-20-19(21-13-18(23(2)3)16-12-22-24(4)14-16)26-7-6-17(15-26)25-8-10-27-11-9-25;/h12,14,17-18H,5-11,13,15H2,1-4H3,(H,20,21);1H. The van der Waals surface area contributed by atoms with Gasteiger partial charge in [0.1, 0.15) is 0 Å². The van der Waals surface area contributed by atoms with Crippen molar-refractivity contribution in [3.05, 3.63) is 18.0 Å². The molecular formula is C19H36IN7O. The average Bonchev–Trinajstić information content (AvgIpc) is 3.31. The first-order valence-corrected chi connectivity index (χ1v) is 10.1. The smallest absolute Gasteiger partial charge is 0.194 e. The maximum atomic E-state index is 5.50. The summed E-state index contributed by atoms with van der Waals surface area (Å²) < 4.78 is 7.36. The monoisotopic (exact) mass is 505 g/mol. The molecule has 2 unspecified atom stereocenters. The number of morpholine rings is 1. The van der Waals surface area contributed by atoms with Gasteiger partial charge in [-0.25, -0.2) is 0 Å². The zero-order chi connectivity index (χ0) is 19.2. The van der Waals surface area contributed by atoms with E-state index < -0.39 is 0 Å².